The molecule has 0 aliphatic heterocycles. The zero-order valence-corrected chi connectivity index (χ0v) is 19.9. The van der Waals surface area contributed by atoms with Crippen LogP contribution in [0, 0.1) is 17.6 Å². The van der Waals surface area contributed by atoms with Crippen molar-refractivity contribution in [1.29, 1.82) is 0 Å². The van der Waals surface area contributed by atoms with E-state index in [1.165, 1.54) is 25.1 Å². The van der Waals surface area contributed by atoms with Crippen LogP contribution in [-0.2, 0) is 17.6 Å². The molecule has 8 heteroatoms. The number of carbonyl (C=O) groups excluding carboxylic acids is 1. The van der Waals surface area contributed by atoms with Crippen molar-refractivity contribution in [2.45, 2.75) is 33.6 Å². The number of Topliss-reactive ketones (excluding diaryl/α,β-unsaturated/α-hetero) is 1. The summed E-state index contributed by atoms with van der Waals surface area (Å²) in [5, 5.41) is 1.90. The second kappa shape index (κ2) is 10.5. The van der Waals surface area contributed by atoms with Gasteiger partial charge in [-0.2, -0.15) is 13.5 Å². The fourth-order valence-electron chi connectivity index (χ4n) is 3.37. The Morgan fingerprint density at radius 2 is 1.35 bits per heavy atom. The van der Waals surface area contributed by atoms with Gasteiger partial charge < -0.3 is 9.97 Å². The molecule has 4 aromatic rings. The van der Waals surface area contributed by atoms with Gasteiger partial charge in [0.05, 0.1) is 10.0 Å². The van der Waals surface area contributed by atoms with E-state index in [1.54, 1.807) is 12.3 Å². The number of nitrogens with one attached hydrogen (secondary N) is 2. The Kier molecular flexibility index (Phi) is 8.57. The van der Waals surface area contributed by atoms with Crippen LogP contribution in [0.2, 0.25) is 10.0 Å². The lowest BCUT2D eigenvalue weighted by Gasteiger charge is -2.03. The molecule has 166 valence electrons. The molecule has 2 heterocycles. The number of carbonyl (C=O) groups is 1. The number of benzene rings is 2. The minimum Gasteiger partial charge on any atom is -0.361 e. The SMILES string of the molecule is CC(=O)Cc1c[nH]c2cc(Cl)c(F)cc12.CC(C)Cc1c[nH]c2cc(Cl)c(F)cc12.S. The molecule has 2 N–H and O–H groups in total. The zero-order chi connectivity index (χ0) is 22.0. The summed E-state index contributed by atoms with van der Waals surface area (Å²) in [4.78, 5) is 17.0. The van der Waals surface area contributed by atoms with Crippen LogP contribution in [-0.4, -0.2) is 15.8 Å². The standard InChI is InChI=1S/C12H13ClFN.C11H9ClFNO.H2S/c1-7(2)3-8-6-15-12-5-10(13)11(14)4-9(8)12;1-6(15)2-7-5-14-11-4-9(12)10(13)3-8(7)11;/h4-7,15H,3H2,1-2H3;3-5,14H,2H2,1H3;1H2. The van der Waals surface area contributed by atoms with Crippen LogP contribution >= 0.6 is 36.7 Å². The van der Waals surface area contributed by atoms with Crippen molar-refractivity contribution < 1.29 is 13.6 Å². The van der Waals surface area contributed by atoms with Crippen LogP contribution in [0.5, 0.6) is 0 Å². The third kappa shape index (κ3) is 6.03. The van der Waals surface area contributed by atoms with E-state index in [4.69, 9.17) is 23.2 Å². The first kappa shape index (κ1) is 25.2. The zero-order valence-electron chi connectivity index (χ0n) is 17.4. The molecule has 31 heavy (non-hydrogen) atoms. The third-order valence-corrected chi connectivity index (χ3v) is 5.26. The van der Waals surface area contributed by atoms with Gasteiger partial charge in [-0.15, -0.1) is 0 Å². The van der Waals surface area contributed by atoms with Gasteiger partial charge in [0.2, 0.25) is 0 Å². The smallest absolute Gasteiger partial charge is 0.142 e. The number of ketones is 1. The summed E-state index contributed by atoms with van der Waals surface area (Å²) in [6.07, 6.45) is 4.89. The van der Waals surface area contributed by atoms with Crippen LogP contribution in [0.25, 0.3) is 21.8 Å². The highest BCUT2D eigenvalue weighted by atomic mass is 35.5. The maximum atomic E-state index is 13.3. The van der Waals surface area contributed by atoms with Gasteiger partial charge in [-0.3, -0.25) is 4.79 Å². The Morgan fingerprint density at radius 3 is 1.81 bits per heavy atom. The average molecular weight is 485 g/mol. The van der Waals surface area contributed by atoms with Gasteiger partial charge in [0, 0.05) is 40.6 Å². The lowest BCUT2D eigenvalue weighted by atomic mass is 10.0. The van der Waals surface area contributed by atoms with Gasteiger partial charge in [0.15, 0.2) is 0 Å². The van der Waals surface area contributed by atoms with Crippen LogP contribution in [0.3, 0.4) is 0 Å². The second-order valence-corrected chi connectivity index (χ2v) is 8.54. The molecule has 0 atom stereocenters. The monoisotopic (exact) mass is 484 g/mol. The third-order valence-electron chi connectivity index (χ3n) is 4.68. The minimum atomic E-state index is -0.464. The Labute approximate surface area is 196 Å². The van der Waals surface area contributed by atoms with Gasteiger partial charge >= 0.3 is 0 Å². The quantitative estimate of drug-likeness (QED) is 0.312. The van der Waals surface area contributed by atoms with Crippen molar-refractivity contribution >= 4 is 64.3 Å². The van der Waals surface area contributed by atoms with Crippen molar-refractivity contribution in [3.05, 3.63) is 69.5 Å². The van der Waals surface area contributed by atoms with Crippen molar-refractivity contribution in [3.63, 3.8) is 0 Å². The first-order chi connectivity index (χ1) is 14.2. The number of halogens is 4. The van der Waals surface area contributed by atoms with Crippen molar-refractivity contribution in [1.82, 2.24) is 9.97 Å². The van der Waals surface area contributed by atoms with Crippen molar-refractivity contribution in [3.8, 4) is 0 Å². The van der Waals surface area contributed by atoms with Crippen molar-refractivity contribution in [2.24, 2.45) is 5.92 Å². The molecule has 2 aromatic heterocycles. The molecule has 0 unspecified atom stereocenters. The molecule has 0 aliphatic rings. The lowest BCUT2D eigenvalue weighted by molar-refractivity contribution is -0.116. The molecule has 0 amide bonds. The summed E-state index contributed by atoms with van der Waals surface area (Å²) in [6.45, 7) is 5.79. The second-order valence-electron chi connectivity index (χ2n) is 7.73. The molecule has 0 bridgehead atoms. The fraction of sp³-hybridized carbons (Fsp3) is 0.261. The molecule has 2 aromatic carbocycles. The molecular weight excluding hydrogens is 461 g/mol. The molecular formula is C23H24Cl2F2N2OS. The Bertz CT molecular complexity index is 1220. The van der Waals surface area contributed by atoms with Gasteiger partial charge in [-0.1, -0.05) is 37.0 Å². The van der Waals surface area contributed by atoms with Crippen LogP contribution < -0.4 is 0 Å². The molecule has 0 aliphatic carbocycles. The maximum absolute atomic E-state index is 13.3. The molecule has 0 fully saturated rings. The number of H-pyrrole nitrogens is 2. The largest absolute Gasteiger partial charge is 0.361 e. The summed E-state index contributed by atoms with van der Waals surface area (Å²) in [6, 6.07) is 6.02. The molecule has 4 rings (SSSR count). The fourth-order valence-corrected chi connectivity index (χ4v) is 3.70. The van der Waals surface area contributed by atoms with Crippen LogP contribution in [0.15, 0.2) is 36.7 Å². The first-order valence-electron chi connectivity index (χ1n) is 9.55. The number of fused-ring (bicyclic) bond motifs is 2. The van der Waals surface area contributed by atoms with Crippen molar-refractivity contribution in [2.75, 3.05) is 0 Å². The Morgan fingerprint density at radius 1 is 0.903 bits per heavy atom. The molecule has 0 spiro atoms. The van der Waals surface area contributed by atoms with E-state index in [2.05, 4.69) is 23.8 Å². The van der Waals surface area contributed by atoms with Gasteiger partial charge in [-0.25, -0.2) is 8.78 Å². The predicted octanol–water partition coefficient (Wildman–Crippen LogP) is 7.36. The van der Waals surface area contributed by atoms with E-state index in [0.29, 0.717) is 17.7 Å². The van der Waals surface area contributed by atoms with Gasteiger partial charge in [0.1, 0.15) is 17.4 Å². The van der Waals surface area contributed by atoms with E-state index in [9.17, 15) is 13.6 Å². The van der Waals surface area contributed by atoms with E-state index in [0.717, 1.165) is 34.0 Å². The molecule has 0 radical (unpaired) electrons. The lowest BCUT2D eigenvalue weighted by Crippen LogP contribution is -1.94. The highest BCUT2D eigenvalue weighted by molar-refractivity contribution is 7.59. The molecule has 3 nitrogen and oxygen atoms in total. The van der Waals surface area contributed by atoms with Gasteiger partial charge in [-0.05, 0) is 54.7 Å². The summed E-state index contributed by atoms with van der Waals surface area (Å²) in [7, 11) is 0. The Hall–Kier alpha value is -2.02. The summed E-state index contributed by atoms with van der Waals surface area (Å²) in [5.74, 6) is -0.212. The topological polar surface area (TPSA) is 48.6 Å². The van der Waals surface area contributed by atoms with E-state index in [-0.39, 0.29) is 35.1 Å². The van der Waals surface area contributed by atoms with E-state index in [1.807, 2.05) is 6.20 Å². The molecule has 0 saturated carbocycles. The average Bonchev–Trinajstić information content (AvgIpc) is 3.20. The van der Waals surface area contributed by atoms with Crippen LogP contribution in [0.1, 0.15) is 31.9 Å². The normalized spacial score (nSPS) is 10.8. The number of aromatic amines is 2. The highest BCUT2D eigenvalue weighted by Crippen LogP contribution is 2.27. The summed E-state index contributed by atoms with van der Waals surface area (Å²) >= 11 is 11.3. The summed E-state index contributed by atoms with van der Waals surface area (Å²) in [5.41, 5.74) is 3.60. The highest BCUT2D eigenvalue weighted by Gasteiger charge is 2.10. The first-order valence-corrected chi connectivity index (χ1v) is 10.3. The van der Waals surface area contributed by atoms with Gasteiger partial charge in [0.25, 0.3) is 0 Å². The Balaban J connectivity index is 0.000000213. The number of hydrogen-bond acceptors (Lipinski definition) is 1. The number of aromatic nitrogens is 2. The van der Waals surface area contributed by atoms with E-state index < -0.39 is 5.82 Å². The minimum absolute atomic E-state index is 0. The molecule has 0 saturated heterocycles. The maximum Gasteiger partial charge on any atom is 0.142 e. The number of hydrogen-bond donors (Lipinski definition) is 2. The number of rotatable bonds is 4. The summed E-state index contributed by atoms with van der Waals surface area (Å²) < 4.78 is 26.5. The van der Waals surface area contributed by atoms with E-state index >= 15 is 0 Å². The van der Waals surface area contributed by atoms with Crippen LogP contribution in [0.4, 0.5) is 8.78 Å². The predicted molar refractivity (Wildman–Crippen MR) is 130 cm³/mol.